The van der Waals surface area contributed by atoms with E-state index < -0.39 is 5.95 Å². The van der Waals surface area contributed by atoms with E-state index in [-0.39, 0.29) is 5.92 Å². The molecular weight excluding hydrogens is 307 g/mol. The number of rotatable bonds is 2. The number of hydrazone groups is 1. The van der Waals surface area contributed by atoms with E-state index in [1.54, 1.807) is 10.6 Å². The number of halogens is 1. The third-order valence-corrected chi connectivity index (χ3v) is 4.12. The summed E-state index contributed by atoms with van der Waals surface area (Å²) in [7, 11) is 1.92. The molecule has 0 fully saturated rings. The first-order valence-corrected chi connectivity index (χ1v) is 7.44. The van der Waals surface area contributed by atoms with Crippen LogP contribution in [0.1, 0.15) is 17.0 Å². The Balaban J connectivity index is 1.94. The molecular formula is C17H13FN6. The number of fused-ring (bicyclic) bond motifs is 1. The maximum Gasteiger partial charge on any atom is 0.212 e. The summed E-state index contributed by atoms with van der Waals surface area (Å²) in [6, 6.07) is 7.13. The highest BCUT2D eigenvalue weighted by atomic mass is 19.1. The van der Waals surface area contributed by atoms with Crippen LogP contribution >= 0.6 is 0 Å². The third-order valence-electron chi connectivity index (χ3n) is 4.12. The van der Waals surface area contributed by atoms with Crippen molar-refractivity contribution in [2.24, 2.45) is 5.10 Å². The Kier molecular flexibility index (Phi) is 3.24. The summed E-state index contributed by atoms with van der Waals surface area (Å²) in [5, 5.41) is 19.8. The molecule has 118 valence electrons. The lowest BCUT2D eigenvalue weighted by Crippen LogP contribution is -2.12. The maximum absolute atomic E-state index is 13.2. The first-order valence-electron chi connectivity index (χ1n) is 7.44. The zero-order chi connectivity index (χ0) is 16.7. The molecule has 6 nitrogen and oxygen atoms in total. The van der Waals surface area contributed by atoms with Gasteiger partial charge >= 0.3 is 0 Å². The van der Waals surface area contributed by atoms with Crippen LogP contribution in [0, 0.1) is 17.3 Å². The molecule has 0 aliphatic carbocycles. The van der Waals surface area contributed by atoms with E-state index in [9.17, 15) is 9.65 Å². The fourth-order valence-corrected chi connectivity index (χ4v) is 2.95. The lowest BCUT2D eigenvalue weighted by atomic mass is 9.97. The molecule has 0 saturated heterocycles. The molecule has 0 saturated carbocycles. The molecule has 0 radical (unpaired) electrons. The number of hydrogen-bond donors (Lipinski definition) is 0. The van der Waals surface area contributed by atoms with Gasteiger partial charge in [-0.05, 0) is 23.8 Å². The molecule has 0 spiro atoms. The summed E-state index contributed by atoms with van der Waals surface area (Å²) in [6.45, 7) is 0.777. The predicted molar refractivity (Wildman–Crippen MR) is 87.0 cm³/mol. The first kappa shape index (κ1) is 14.3. The third kappa shape index (κ3) is 2.29. The lowest BCUT2D eigenvalue weighted by molar-refractivity contribution is 0.381. The normalized spacial score (nSPS) is 16.7. The van der Waals surface area contributed by atoms with Crippen LogP contribution in [0.4, 0.5) is 4.39 Å². The molecule has 1 atom stereocenters. The quantitative estimate of drug-likeness (QED) is 0.680. The topological polar surface area (TPSA) is 69.6 Å². The Morgan fingerprint density at radius 3 is 2.88 bits per heavy atom. The first-order chi connectivity index (χ1) is 11.7. The number of pyridine rings is 2. The largest absolute Gasteiger partial charge is 0.299 e. The number of nitrogens with zero attached hydrogens (tertiary/aromatic N) is 6. The minimum absolute atomic E-state index is 0.140. The van der Waals surface area contributed by atoms with Crippen molar-refractivity contribution in [2.75, 3.05) is 13.6 Å². The van der Waals surface area contributed by atoms with Crippen molar-refractivity contribution in [3.63, 3.8) is 0 Å². The van der Waals surface area contributed by atoms with Crippen LogP contribution in [0.2, 0.25) is 0 Å². The molecule has 0 amide bonds. The van der Waals surface area contributed by atoms with Crippen LogP contribution in [0.15, 0.2) is 41.9 Å². The van der Waals surface area contributed by atoms with Gasteiger partial charge in [0.1, 0.15) is 6.07 Å². The highest BCUT2D eigenvalue weighted by Crippen LogP contribution is 2.31. The van der Waals surface area contributed by atoms with Crippen molar-refractivity contribution in [3.05, 3.63) is 53.9 Å². The highest BCUT2D eigenvalue weighted by Gasteiger charge is 2.20. The van der Waals surface area contributed by atoms with Crippen molar-refractivity contribution in [1.29, 1.82) is 5.26 Å². The Morgan fingerprint density at radius 1 is 1.33 bits per heavy atom. The van der Waals surface area contributed by atoms with Gasteiger partial charge in [0.05, 0.1) is 17.3 Å². The Bertz CT molecular complexity index is 983. The van der Waals surface area contributed by atoms with Crippen molar-refractivity contribution in [1.82, 2.24) is 19.6 Å². The van der Waals surface area contributed by atoms with Gasteiger partial charge in [0.25, 0.3) is 0 Å². The van der Waals surface area contributed by atoms with Crippen LogP contribution in [-0.2, 0) is 0 Å². The van der Waals surface area contributed by atoms with Gasteiger partial charge in [-0.15, -0.1) is 0 Å². The van der Waals surface area contributed by atoms with Crippen molar-refractivity contribution in [3.8, 4) is 17.2 Å². The molecule has 7 heteroatoms. The van der Waals surface area contributed by atoms with E-state index in [1.807, 2.05) is 30.5 Å². The van der Waals surface area contributed by atoms with E-state index >= 15 is 0 Å². The van der Waals surface area contributed by atoms with Crippen LogP contribution in [-0.4, -0.2) is 39.4 Å². The van der Waals surface area contributed by atoms with Gasteiger partial charge in [-0.3, -0.25) is 5.01 Å². The summed E-state index contributed by atoms with van der Waals surface area (Å²) in [5.41, 5.74) is 3.74. The molecule has 0 aromatic carbocycles. The van der Waals surface area contributed by atoms with E-state index in [0.29, 0.717) is 11.1 Å². The molecule has 3 aromatic rings. The van der Waals surface area contributed by atoms with Gasteiger partial charge in [-0.25, -0.2) is 9.50 Å². The van der Waals surface area contributed by atoms with Crippen molar-refractivity contribution >= 4 is 11.7 Å². The average Bonchev–Trinajstić information content (AvgIpc) is 3.20. The second-order valence-electron chi connectivity index (χ2n) is 5.73. The summed E-state index contributed by atoms with van der Waals surface area (Å²) in [5.74, 6) is -0.397. The summed E-state index contributed by atoms with van der Waals surface area (Å²) >= 11 is 0. The fraction of sp³-hybridized carbons (Fsp3) is 0.176. The number of aromatic nitrogens is 3. The average molecular weight is 320 g/mol. The standard InChI is InChI=1S/C17H13FN6/c1-23-9-14(8-21-23)12-4-15(11-2-3-16(18)20-6-11)17-13(5-19)7-22-24(17)10-12/h2-4,6-8,10,14H,9H2,1H3. The van der Waals surface area contributed by atoms with E-state index in [2.05, 4.69) is 21.3 Å². The number of nitriles is 1. The second-order valence-corrected chi connectivity index (χ2v) is 5.73. The lowest BCUT2D eigenvalue weighted by Gasteiger charge is -2.13. The number of likely N-dealkylation sites (N-methyl/N-ethyl adjacent to an activating group) is 1. The number of hydrogen-bond acceptors (Lipinski definition) is 5. The van der Waals surface area contributed by atoms with Gasteiger partial charge < -0.3 is 0 Å². The smallest absolute Gasteiger partial charge is 0.212 e. The molecule has 4 heterocycles. The molecule has 1 aliphatic rings. The maximum atomic E-state index is 13.2. The molecule has 0 N–H and O–H groups in total. The van der Waals surface area contributed by atoms with Gasteiger partial charge in [0.2, 0.25) is 5.95 Å². The van der Waals surface area contributed by atoms with Crippen LogP contribution in [0.5, 0.6) is 0 Å². The van der Waals surface area contributed by atoms with E-state index in [4.69, 9.17) is 0 Å². The van der Waals surface area contributed by atoms with E-state index in [0.717, 1.165) is 23.2 Å². The minimum Gasteiger partial charge on any atom is -0.299 e. The highest BCUT2D eigenvalue weighted by molar-refractivity contribution is 5.85. The van der Waals surface area contributed by atoms with Crippen LogP contribution < -0.4 is 0 Å². The summed E-state index contributed by atoms with van der Waals surface area (Å²) in [4.78, 5) is 3.73. The summed E-state index contributed by atoms with van der Waals surface area (Å²) in [6.07, 6.45) is 6.81. The van der Waals surface area contributed by atoms with Crippen molar-refractivity contribution in [2.45, 2.75) is 5.92 Å². The zero-order valence-corrected chi connectivity index (χ0v) is 12.9. The van der Waals surface area contributed by atoms with E-state index in [1.165, 1.54) is 18.5 Å². The SMILES string of the molecule is CN1CC(c2cc(-c3ccc(F)nc3)c3c(C#N)cnn3c2)C=N1. The Labute approximate surface area is 137 Å². The van der Waals surface area contributed by atoms with Crippen LogP contribution in [0.3, 0.4) is 0 Å². The molecule has 0 bridgehead atoms. The molecule has 24 heavy (non-hydrogen) atoms. The zero-order valence-electron chi connectivity index (χ0n) is 12.9. The molecule has 4 rings (SSSR count). The molecule has 1 unspecified atom stereocenters. The molecule has 3 aromatic heterocycles. The van der Waals surface area contributed by atoms with Gasteiger partial charge in [-0.1, -0.05) is 0 Å². The Hall–Kier alpha value is -3.27. The Morgan fingerprint density at radius 2 is 2.21 bits per heavy atom. The van der Waals surface area contributed by atoms with Crippen LogP contribution in [0.25, 0.3) is 16.6 Å². The predicted octanol–water partition coefficient (Wildman–Crippen LogP) is 2.42. The minimum atomic E-state index is -0.538. The fourth-order valence-electron chi connectivity index (χ4n) is 2.95. The monoisotopic (exact) mass is 320 g/mol. The van der Waals surface area contributed by atoms with Gasteiger partial charge in [-0.2, -0.15) is 19.9 Å². The molecule has 1 aliphatic heterocycles. The van der Waals surface area contributed by atoms with Gasteiger partial charge in [0, 0.05) is 49.2 Å². The summed E-state index contributed by atoms with van der Waals surface area (Å²) < 4.78 is 14.9. The van der Waals surface area contributed by atoms with Gasteiger partial charge in [0.15, 0.2) is 0 Å². The second kappa shape index (κ2) is 5.42. The van der Waals surface area contributed by atoms with Crippen molar-refractivity contribution < 1.29 is 4.39 Å².